The summed E-state index contributed by atoms with van der Waals surface area (Å²) in [6.45, 7) is 8.01. The highest BCUT2D eigenvalue weighted by molar-refractivity contribution is 6.31. The van der Waals surface area contributed by atoms with Gasteiger partial charge < -0.3 is 19.5 Å². The van der Waals surface area contributed by atoms with Gasteiger partial charge in [0.25, 0.3) is 0 Å². The first-order valence-corrected chi connectivity index (χ1v) is 12.4. The molecule has 0 aliphatic rings. The van der Waals surface area contributed by atoms with Crippen LogP contribution in [0.5, 0.6) is 0 Å². The van der Waals surface area contributed by atoms with Gasteiger partial charge in [0.1, 0.15) is 29.5 Å². The van der Waals surface area contributed by atoms with Crippen LogP contribution < -0.4 is 10.6 Å². The van der Waals surface area contributed by atoms with Crippen molar-refractivity contribution in [3.8, 4) is 11.4 Å². The number of aromatic nitrogens is 2. The molecule has 3 heterocycles. The van der Waals surface area contributed by atoms with E-state index in [2.05, 4.69) is 34.4 Å². The van der Waals surface area contributed by atoms with Gasteiger partial charge in [-0.1, -0.05) is 25.4 Å². The fourth-order valence-electron chi connectivity index (χ4n) is 4.06. The lowest BCUT2D eigenvalue weighted by molar-refractivity contribution is -0.122. The Morgan fingerprint density at radius 1 is 1.17 bits per heavy atom. The number of rotatable bonds is 11. The Labute approximate surface area is 216 Å². The van der Waals surface area contributed by atoms with Gasteiger partial charge in [-0.2, -0.15) is 0 Å². The van der Waals surface area contributed by atoms with Crippen molar-refractivity contribution in [2.75, 3.05) is 25.5 Å². The molecule has 1 amide bonds. The molecule has 0 aliphatic heterocycles. The van der Waals surface area contributed by atoms with E-state index in [1.54, 1.807) is 18.6 Å². The number of carbonyl (C=O) groups excluding carboxylic acids is 1. The third-order valence-corrected chi connectivity index (χ3v) is 6.01. The van der Waals surface area contributed by atoms with Gasteiger partial charge in [0.2, 0.25) is 5.91 Å². The van der Waals surface area contributed by atoms with E-state index < -0.39 is 6.04 Å². The molecule has 2 N–H and O–H groups in total. The number of nitrogens with one attached hydrogen (secondary N) is 2. The van der Waals surface area contributed by atoms with Gasteiger partial charge in [0.05, 0.1) is 18.4 Å². The van der Waals surface area contributed by atoms with E-state index in [1.807, 2.05) is 44.3 Å². The molecule has 0 fully saturated rings. The van der Waals surface area contributed by atoms with Crippen LogP contribution in [0.25, 0.3) is 22.4 Å². The van der Waals surface area contributed by atoms with Crippen molar-refractivity contribution in [3.63, 3.8) is 0 Å². The molecule has 0 aliphatic carbocycles. The van der Waals surface area contributed by atoms with E-state index in [-0.39, 0.29) is 5.91 Å². The third kappa shape index (κ3) is 6.65. The lowest BCUT2D eigenvalue weighted by atomic mass is 10.0. The number of furan rings is 2. The summed E-state index contributed by atoms with van der Waals surface area (Å²) < 4.78 is 11.1. The zero-order valence-corrected chi connectivity index (χ0v) is 21.8. The number of nitrogens with zero attached hydrogens (tertiary/aromatic N) is 3. The Morgan fingerprint density at radius 3 is 2.75 bits per heavy atom. The average molecular weight is 510 g/mol. The highest BCUT2D eigenvalue weighted by atomic mass is 35.5. The Morgan fingerprint density at radius 2 is 2.00 bits per heavy atom. The SMILES string of the molecule is Cc1cc(N[C@@H](CC(C)C)C(=O)NCCN(C)Cc2ccco2)nc(-c2coc3ccc(Cl)cc23)n1. The van der Waals surface area contributed by atoms with Gasteiger partial charge >= 0.3 is 0 Å². The van der Waals surface area contributed by atoms with Crippen molar-refractivity contribution in [1.82, 2.24) is 20.2 Å². The minimum Gasteiger partial charge on any atom is -0.468 e. The number of likely N-dealkylation sites (N-methyl/N-ethyl adjacent to an activating group) is 1. The summed E-state index contributed by atoms with van der Waals surface area (Å²) in [6, 6.07) is 10.7. The Balaban J connectivity index is 1.45. The van der Waals surface area contributed by atoms with Crippen molar-refractivity contribution in [2.24, 2.45) is 5.92 Å². The number of fused-ring (bicyclic) bond motifs is 1. The van der Waals surface area contributed by atoms with Crippen LogP contribution in [0.2, 0.25) is 5.02 Å². The van der Waals surface area contributed by atoms with Crippen molar-refractivity contribution in [2.45, 2.75) is 39.8 Å². The molecule has 1 aromatic carbocycles. The topological polar surface area (TPSA) is 96.4 Å². The molecule has 0 saturated heterocycles. The number of anilines is 1. The molecule has 0 bridgehead atoms. The molecule has 1 atom stereocenters. The molecule has 36 heavy (non-hydrogen) atoms. The van der Waals surface area contributed by atoms with Crippen LogP contribution in [0, 0.1) is 12.8 Å². The molecule has 0 saturated carbocycles. The van der Waals surface area contributed by atoms with Gasteiger partial charge in [0, 0.05) is 35.3 Å². The molecule has 3 aromatic heterocycles. The second-order valence-corrected chi connectivity index (χ2v) is 9.88. The van der Waals surface area contributed by atoms with Gasteiger partial charge in [-0.05, 0) is 56.6 Å². The third-order valence-electron chi connectivity index (χ3n) is 5.77. The largest absolute Gasteiger partial charge is 0.468 e. The molecule has 0 spiro atoms. The van der Waals surface area contributed by atoms with Crippen LogP contribution in [0.15, 0.2) is 57.8 Å². The number of carbonyl (C=O) groups is 1. The van der Waals surface area contributed by atoms with Crippen molar-refractivity contribution < 1.29 is 13.6 Å². The maximum absolute atomic E-state index is 13.1. The fraction of sp³-hybridized carbons (Fsp3) is 0.370. The molecule has 9 heteroatoms. The second-order valence-electron chi connectivity index (χ2n) is 9.44. The summed E-state index contributed by atoms with van der Waals surface area (Å²) in [7, 11) is 2.00. The summed E-state index contributed by atoms with van der Waals surface area (Å²) in [5.41, 5.74) is 2.24. The molecule has 190 valence electrons. The highest BCUT2D eigenvalue weighted by Crippen LogP contribution is 2.31. The van der Waals surface area contributed by atoms with E-state index in [4.69, 9.17) is 25.4 Å². The Hall–Kier alpha value is -3.36. The van der Waals surface area contributed by atoms with Gasteiger partial charge in [0.15, 0.2) is 5.82 Å². The molecule has 0 radical (unpaired) electrons. The Bertz CT molecular complexity index is 1300. The minimum absolute atomic E-state index is 0.0616. The Kier molecular flexibility index (Phi) is 8.28. The summed E-state index contributed by atoms with van der Waals surface area (Å²) in [4.78, 5) is 24.5. The average Bonchev–Trinajstić information content (AvgIpc) is 3.47. The van der Waals surface area contributed by atoms with E-state index >= 15 is 0 Å². The minimum atomic E-state index is -0.432. The van der Waals surface area contributed by atoms with Gasteiger partial charge in [-0.25, -0.2) is 9.97 Å². The lowest BCUT2D eigenvalue weighted by Crippen LogP contribution is -2.43. The zero-order chi connectivity index (χ0) is 25.7. The summed E-state index contributed by atoms with van der Waals surface area (Å²) in [5.74, 6) is 2.25. The van der Waals surface area contributed by atoms with Crippen molar-refractivity contribution in [3.05, 3.63) is 65.4 Å². The lowest BCUT2D eigenvalue weighted by Gasteiger charge is -2.22. The second kappa shape index (κ2) is 11.6. The smallest absolute Gasteiger partial charge is 0.242 e. The molecule has 0 unspecified atom stereocenters. The van der Waals surface area contributed by atoms with Crippen LogP contribution >= 0.6 is 11.6 Å². The monoisotopic (exact) mass is 509 g/mol. The van der Waals surface area contributed by atoms with E-state index in [0.29, 0.717) is 54.2 Å². The number of amides is 1. The predicted molar refractivity (Wildman–Crippen MR) is 142 cm³/mol. The molecular formula is C27H32ClN5O3. The van der Waals surface area contributed by atoms with Crippen LogP contribution in [-0.2, 0) is 11.3 Å². The van der Waals surface area contributed by atoms with E-state index in [0.717, 1.165) is 22.4 Å². The van der Waals surface area contributed by atoms with Crippen LogP contribution in [0.1, 0.15) is 31.7 Å². The molecular weight excluding hydrogens is 478 g/mol. The number of aryl methyl sites for hydroxylation is 1. The number of halogens is 1. The number of benzene rings is 1. The van der Waals surface area contributed by atoms with Crippen LogP contribution in [0.3, 0.4) is 0 Å². The first-order chi connectivity index (χ1) is 17.3. The summed E-state index contributed by atoms with van der Waals surface area (Å²) in [6.07, 6.45) is 3.96. The van der Waals surface area contributed by atoms with E-state index in [1.165, 1.54) is 0 Å². The van der Waals surface area contributed by atoms with Crippen LogP contribution in [0.4, 0.5) is 5.82 Å². The molecule has 4 aromatic rings. The van der Waals surface area contributed by atoms with Crippen molar-refractivity contribution >= 4 is 34.3 Å². The number of hydrogen-bond donors (Lipinski definition) is 2. The quantitative estimate of drug-likeness (QED) is 0.275. The van der Waals surface area contributed by atoms with Crippen molar-refractivity contribution in [1.29, 1.82) is 0 Å². The van der Waals surface area contributed by atoms with Gasteiger partial charge in [-0.15, -0.1) is 0 Å². The highest BCUT2D eigenvalue weighted by Gasteiger charge is 2.21. The summed E-state index contributed by atoms with van der Waals surface area (Å²) >= 11 is 6.20. The van der Waals surface area contributed by atoms with Crippen LogP contribution in [-0.4, -0.2) is 47.0 Å². The standard InChI is InChI=1S/C27H32ClN5O3/c1-17(2)12-23(27(34)29-9-10-33(4)15-20-6-5-11-35-20)31-25-13-18(3)30-26(32-25)22-16-36-24-8-7-19(28)14-21(22)24/h5-8,11,13-14,16-17,23H,9-10,12,15H2,1-4H3,(H,29,34)(H,30,31,32)/t23-/m0/s1. The zero-order valence-electron chi connectivity index (χ0n) is 21.0. The first kappa shape index (κ1) is 25.7. The fourth-order valence-corrected chi connectivity index (χ4v) is 4.23. The van der Waals surface area contributed by atoms with Gasteiger partial charge in [-0.3, -0.25) is 9.69 Å². The predicted octanol–water partition coefficient (Wildman–Crippen LogP) is 5.52. The first-order valence-electron chi connectivity index (χ1n) is 12.1. The maximum Gasteiger partial charge on any atom is 0.242 e. The molecule has 8 nitrogen and oxygen atoms in total. The normalized spacial score (nSPS) is 12.4. The summed E-state index contributed by atoms with van der Waals surface area (Å²) in [5, 5.41) is 7.85. The molecule has 4 rings (SSSR count). The number of hydrogen-bond acceptors (Lipinski definition) is 7. The maximum atomic E-state index is 13.1. The van der Waals surface area contributed by atoms with E-state index in [9.17, 15) is 4.79 Å².